The van der Waals surface area contributed by atoms with Gasteiger partial charge in [0, 0.05) is 18.1 Å². The molecule has 3 rings (SSSR count). The van der Waals surface area contributed by atoms with Crippen LogP contribution >= 0.6 is 23.4 Å². The lowest BCUT2D eigenvalue weighted by molar-refractivity contribution is -0.125. The van der Waals surface area contributed by atoms with E-state index < -0.39 is 0 Å². The van der Waals surface area contributed by atoms with Gasteiger partial charge in [-0.15, -0.1) is 0 Å². The van der Waals surface area contributed by atoms with E-state index in [1.807, 2.05) is 30.3 Å². The zero-order valence-corrected chi connectivity index (χ0v) is 16.3. The Bertz CT molecular complexity index is 900. The number of amides is 3. The highest BCUT2D eigenvalue weighted by Crippen LogP contribution is 2.31. The predicted molar refractivity (Wildman–Crippen MR) is 109 cm³/mol. The molecule has 3 amide bonds. The van der Waals surface area contributed by atoms with Crippen molar-refractivity contribution in [1.29, 1.82) is 0 Å². The van der Waals surface area contributed by atoms with Crippen LogP contribution in [0.1, 0.15) is 5.56 Å². The average molecular weight is 417 g/mol. The number of rotatable bonds is 7. The van der Waals surface area contributed by atoms with Crippen molar-refractivity contribution in [2.45, 2.75) is 0 Å². The summed E-state index contributed by atoms with van der Waals surface area (Å²) < 4.78 is 5.34. The minimum Gasteiger partial charge on any atom is -0.484 e. The van der Waals surface area contributed by atoms with E-state index in [9.17, 15) is 14.4 Å². The third-order valence-corrected chi connectivity index (χ3v) is 4.97. The molecular formula is C20H17ClN2O4S. The third kappa shape index (κ3) is 5.37. The molecule has 1 heterocycles. The Balaban J connectivity index is 1.46. The van der Waals surface area contributed by atoms with Gasteiger partial charge in [-0.2, -0.15) is 0 Å². The maximum atomic E-state index is 12.4. The number of carbonyl (C=O) groups is 3. The SMILES string of the molecule is O=C(COc1ccc(Cl)cc1)NCCN1C(=O)S/C(=C\c2ccccc2)C1=O. The summed E-state index contributed by atoms with van der Waals surface area (Å²) >= 11 is 6.68. The summed E-state index contributed by atoms with van der Waals surface area (Å²) in [5, 5.41) is 2.86. The molecule has 0 aliphatic carbocycles. The summed E-state index contributed by atoms with van der Waals surface area (Å²) in [6.45, 7) is 0.0837. The van der Waals surface area contributed by atoms with Crippen molar-refractivity contribution in [2.75, 3.05) is 19.7 Å². The van der Waals surface area contributed by atoms with Crippen molar-refractivity contribution in [2.24, 2.45) is 0 Å². The molecule has 6 nitrogen and oxygen atoms in total. The van der Waals surface area contributed by atoms with E-state index in [1.54, 1.807) is 30.3 Å². The zero-order chi connectivity index (χ0) is 19.9. The largest absolute Gasteiger partial charge is 0.484 e. The molecule has 28 heavy (non-hydrogen) atoms. The molecule has 144 valence electrons. The summed E-state index contributed by atoms with van der Waals surface area (Å²) in [4.78, 5) is 37.8. The van der Waals surface area contributed by atoms with Crippen LogP contribution in [0, 0.1) is 0 Å². The molecule has 8 heteroatoms. The average Bonchev–Trinajstić information content (AvgIpc) is 2.95. The topological polar surface area (TPSA) is 75.7 Å². The van der Waals surface area contributed by atoms with E-state index >= 15 is 0 Å². The molecule has 2 aromatic carbocycles. The van der Waals surface area contributed by atoms with Gasteiger partial charge in [-0.25, -0.2) is 0 Å². The van der Waals surface area contributed by atoms with E-state index in [4.69, 9.17) is 16.3 Å². The predicted octanol–water partition coefficient (Wildman–Crippen LogP) is 3.57. The smallest absolute Gasteiger partial charge is 0.293 e. The van der Waals surface area contributed by atoms with Gasteiger partial charge in [0.2, 0.25) is 0 Å². The van der Waals surface area contributed by atoms with E-state index in [-0.39, 0.29) is 36.7 Å². The first-order valence-electron chi connectivity index (χ1n) is 8.48. The summed E-state index contributed by atoms with van der Waals surface area (Å²) in [5.41, 5.74) is 0.848. The number of imide groups is 1. The second-order valence-corrected chi connectivity index (χ2v) is 7.27. The Morgan fingerprint density at radius 2 is 1.82 bits per heavy atom. The first-order chi connectivity index (χ1) is 13.5. The van der Waals surface area contributed by atoms with Gasteiger partial charge in [0.15, 0.2) is 6.61 Å². The molecule has 1 fully saturated rings. The van der Waals surface area contributed by atoms with E-state index in [1.165, 1.54) is 0 Å². The van der Waals surface area contributed by atoms with Gasteiger partial charge in [0.05, 0.1) is 4.91 Å². The van der Waals surface area contributed by atoms with Crippen LogP contribution in [0.25, 0.3) is 6.08 Å². The van der Waals surface area contributed by atoms with Gasteiger partial charge >= 0.3 is 0 Å². The van der Waals surface area contributed by atoms with Crippen LogP contribution < -0.4 is 10.1 Å². The number of nitrogens with one attached hydrogen (secondary N) is 1. The second-order valence-electron chi connectivity index (χ2n) is 5.84. The van der Waals surface area contributed by atoms with Gasteiger partial charge in [-0.1, -0.05) is 41.9 Å². The van der Waals surface area contributed by atoms with Gasteiger partial charge < -0.3 is 10.1 Å². The second kappa shape index (κ2) is 9.43. The number of carbonyl (C=O) groups excluding carboxylic acids is 3. The van der Waals surface area contributed by atoms with E-state index in [2.05, 4.69) is 5.32 Å². The molecule has 0 radical (unpaired) electrons. The minimum absolute atomic E-state index is 0.101. The highest BCUT2D eigenvalue weighted by atomic mass is 35.5. The third-order valence-electron chi connectivity index (χ3n) is 3.81. The fourth-order valence-electron chi connectivity index (χ4n) is 2.43. The minimum atomic E-state index is -0.356. The van der Waals surface area contributed by atoms with Gasteiger partial charge in [-0.3, -0.25) is 19.3 Å². The van der Waals surface area contributed by atoms with Crippen molar-refractivity contribution in [1.82, 2.24) is 10.2 Å². The standard InChI is InChI=1S/C20H17ClN2O4S/c21-15-6-8-16(9-7-15)27-13-18(24)22-10-11-23-19(25)17(28-20(23)26)12-14-4-2-1-3-5-14/h1-9,12H,10-11,13H2,(H,22,24)/b17-12-. The van der Waals surface area contributed by atoms with Crippen LogP contribution in [0.15, 0.2) is 59.5 Å². The van der Waals surface area contributed by atoms with E-state index in [0.29, 0.717) is 15.7 Å². The number of hydrogen-bond donors (Lipinski definition) is 1. The first kappa shape index (κ1) is 20.0. The molecule has 0 atom stereocenters. The molecular weight excluding hydrogens is 400 g/mol. The van der Waals surface area contributed by atoms with Gasteiger partial charge in [0.25, 0.3) is 17.1 Å². The molecule has 0 aromatic heterocycles. The molecule has 0 unspecified atom stereocenters. The van der Waals surface area contributed by atoms with Crippen molar-refractivity contribution in [3.63, 3.8) is 0 Å². The molecule has 2 aromatic rings. The lowest BCUT2D eigenvalue weighted by Gasteiger charge is -2.13. The van der Waals surface area contributed by atoms with Gasteiger partial charge in [0.1, 0.15) is 5.75 Å². The van der Waals surface area contributed by atoms with Crippen LogP contribution in [0.4, 0.5) is 4.79 Å². The fraction of sp³-hybridized carbons (Fsp3) is 0.150. The Kier molecular flexibility index (Phi) is 6.73. The van der Waals surface area contributed by atoms with Crippen molar-refractivity contribution in [3.8, 4) is 5.75 Å². The summed E-state index contributed by atoms with van der Waals surface area (Å²) in [6.07, 6.45) is 1.68. The maximum absolute atomic E-state index is 12.4. The van der Waals surface area contributed by atoms with Crippen LogP contribution in [0.2, 0.25) is 5.02 Å². The van der Waals surface area contributed by atoms with Crippen LogP contribution in [-0.2, 0) is 9.59 Å². The molecule has 1 aliphatic heterocycles. The number of benzene rings is 2. The Morgan fingerprint density at radius 3 is 2.54 bits per heavy atom. The van der Waals surface area contributed by atoms with E-state index in [0.717, 1.165) is 22.2 Å². The molecule has 1 saturated heterocycles. The number of thioether (sulfide) groups is 1. The number of nitrogens with zero attached hydrogens (tertiary/aromatic N) is 1. The number of halogens is 1. The highest BCUT2D eigenvalue weighted by Gasteiger charge is 2.34. The first-order valence-corrected chi connectivity index (χ1v) is 9.68. The molecule has 0 bridgehead atoms. The Hall–Kier alpha value is -2.77. The normalized spacial score (nSPS) is 15.2. The lowest BCUT2D eigenvalue weighted by atomic mass is 10.2. The fourth-order valence-corrected chi connectivity index (χ4v) is 3.42. The van der Waals surface area contributed by atoms with Crippen LogP contribution in [-0.4, -0.2) is 41.6 Å². The summed E-state index contributed by atoms with van der Waals surface area (Å²) in [5.74, 6) is -0.177. The summed E-state index contributed by atoms with van der Waals surface area (Å²) in [7, 11) is 0. The number of ether oxygens (including phenoxy) is 1. The molecule has 1 N–H and O–H groups in total. The number of hydrogen-bond acceptors (Lipinski definition) is 5. The molecule has 0 saturated carbocycles. The zero-order valence-electron chi connectivity index (χ0n) is 14.8. The van der Waals surface area contributed by atoms with Gasteiger partial charge in [-0.05, 0) is 47.7 Å². The lowest BCUT2D eigenvalue weighted by Crippen LogP contribution is -2.38. The highest BCUT2D eigenvalue weighted by molar-refractivity contribution is 8.18. The summed E-state index contributed by atoms with van der Waals surface area (Å²) in [6, 6.07) is 16.0. The Labute approximate surface area is 171 Å². The maximum Gasteiger partial charge on any atom is 0.293 e. The monoisotopic (exact) mass is 416 g/mol. The molecule has 1 aliphatic rings. The van der Waals surface area contributed by atoms with Crippen molar-refractivity contribution < 1.29 is 19.1 Å². The quantitative estimate of drug-likeness (QED) is 0.698. The molecule has 0 spiro atoms. The Morgan fingerprint density at radius 1 is 1.11 bits per heavy atom. The van der Waals surface area contributed by atoms with Crippen molar-refractivity contribution in [3.05, 3.63) is 70.1 Å². The van der Waals surface area contributed by atoms with Crippen LogP contribution in [0.5, 0.6) is 5.75 Å². The van der Waals surface area contributed by atoms with Crippen molar-refractivity contribution >= 4 is 46.5 Å². The van der Waals surface area contributed by atoms with Crippen LogP contribution in [0.3, 0.4) is 0 Å².